The van der Waals surface area contributed by atoms with Crippen molar-refractivity contribution in [3.05, 3.63) is 27.7 Å². The van der Waals surface area contributed by atoms with Gasteiger partial charge in [-0.2, -0.15) is 0 Å². The molecule has 0 atom stereocenters. The fraction of sp³-hybridized carbons (Fsp3) is 0.500. The molecule has 0 amide bonds. The summed E-state index contributed by atoms with van der Waals surface area (Å²) < 4.78 is 28.1. The Bertz CT molecular complexity index is 536. The van der Waals surface area contributed by atoms with E-state index in [4.69, 9.17) is 17.3 Å². The third-order valence-electron chi connectivity index (χ3n) is 3.30. The van der Waals surface area contributed by atoms with Crippen molar-refractivity contribution >= 4 is 37.6 Å². The molecule has 1 aromatic carbocycles. The van der Waals surface area contributed by atoms with Crippen LogP contribution in [-0.4, -0.2) is 20.5 Å². The van der Waals surface area contributed by atoms with Crippen molar-refractivity contribution in [1.29, 1.82) is 0 Å². The van der Waals surface area contributed by atoms with Gasteiger partial charge < -0.3 is 5.73 Å². The summed E-state index contributed by atoms with van der Waals surface area (Å²) in [5, 5.41) is 0.174. The Morgan fingerprint density at radius 3 is 2.42 bits per heavy atom. The number of benzene rings is 1. The molecule has 0 spiro atoms. The maximum atomic E-state index is 12.4. The van der Waals surface area contributed by atoms with Crippen LogP contribution in [0.1, 0.15) is 26.7 Å². The molecule has 0 aliphatic rings. The van der Waals surface area contributed by atoms with Crippen molar-refractivity contribution in [3.63, 3.8) is 0 Å². The van der Waals surface area contributed by atoms with Crippen molar-refractivity contribution in [2.75, 3.05) is 6.54 Å². The van der Waals surface area contributed by atoms with Crippen molar-refractivity contribution < 1.29 is 8.42 Å². The number of hydrogen-bond acceptors (Lipinski definition) is 3. The number of rotatable bonds is 6. The molecule has 0 bridgehead atoms. The molecule has 0 radical (unpaired) electrons. The molecule has 0 saturated carbocycles. The second-order valence-corrected chi connectivity index (χ2v) is 7.23. The molecule has 1 rings (SSSR count). The Morgan fingerprint density at radius 2 is 1.95 bits per heavy atom. The second kappa shape index (κ2) is 6.54. The molecule has 0 aliphatic heterocycles. The summed E-state index contributed by atoms with van der Waals surface area (Å²) in [6.45, 7) is 4.05. The van der Waals surface area contributed by atoms with E-state index in [0.29, 0.717) is 17.3 Å². The lowest BCUT2D eigenvalue weighted by Gasteiger charge is -2.31. The SMILES string of the molecule is CCC(CC)(CN)NS(=O)(=O)c1cccc(Br)c1Cl. The molecule has 7 heteroatoms. The number of sulfonamides is 1. The van der Waals surface area contributed by atoms with E-state index in [2.05, 4.69) is 20.7 Å². The van der Waals surface area contributed by atoms with E-state index >= 15 is 0 Å². The van der Waals surface area contributed by atoms with Gasteiger partial charge in [-0.3, -0.25) is 0 Å². The van der Waals surface area contributed by atoms with Gasteiger partial charge in [0.05, 0.1) is 5.02 Å². The smallest absolute Gasteiger partial charge is 0.242 e. The largest absolute Gasteiger partial charge is 0.329 e. The monoisotopic (exact) mass is 368 g/mol. The molecule has 0 heterocycles. The van der Waals surface area contributed by atoms with Crippen LogP contribution in [0.25, 0.3) is 0 Å². The Labute approximate surface area is 127 Å². The molecule has 1 aromatic rings. The zero-order chi connectivity index (χ0) is 14.7. The third-order valence-corrected chi connectivity index (χ3v) is 6.33. The Morgan fingerprint density at radius 1 is 1.37 bits per heavy atom. The topological polar surface area (TPSA) is 72.2 Å². The van der Waals surface area contributed by atoms with Gasteiger partial charge in [-0.1, -0.05) is 31.5 Å². The molecule has 0 aromatic heterocycles. The van der Waals surface area contributed by atoms with Gasteiger partial charge in [-0.15, -0.1) is 0 Å². The summed E-state index contributed by atoms with van der Waals surface area (Å²) in [4.78, 5) is 0.0586. The molecule has 19 heavy (non-hydrogen) atoms. The lowest BCUT2D eigenvalue weighted by atomic mass is 9.95. The van der Waals surface area contributed by atoms with Crippen LogP contribution in [0.3, 0.4) is 0 Å². The average molecular weight is 370 g/mol. The van der Waals surface area contributed by atoms with E-state index in [0.717, 1.165) is 0 Å². The molecular formula is C12H18BrClN2O2S. The maximum Gasteiger partial charge on any atom is 0.242 e. The quantitative estimate of drug-likeness (QED) is 0.810. The van der Waals surface area contributed by atoms with E-state index in [1.807, 2.05) is 13.8 Å². The highest BCUT2D eigenvalue weighted by atomic mass is 79.9. The molecule has 0 saturated heterocycles. The summed E-state index contributed by atoms with van der Waals surface area (Å²) in [5.74, 6) is 0. The highest BCUT2D eigenvalue weighted by Gasteiger charge is 2.32. The normalized spacial score (nSPS) is 12.7. The summed E-state index contributed by atoms with van der Waals surface area (Å²) in [6, 6.07) is 4.80. The lowest BCUT2D eigenvalue weighted by molar-refractivity contribution is 0.363. The first-order valence-electron chi connectivity index (χ1n) is 6.00. The van der Waals surface area contributed by atoms with Crippen molar-refractivity contribution in [2.45, 2.75) is 37.1 Å². The Hall–Kier alpha value is -0.140. The van der Waals surface area contributed by atoms with E-state index in [1.165, 1.54) is 6.07 Å². The van der Waals surface area contributed by atoms with Crippen LogP contribution in [0, 0.1) is 0 Å². The number of hydrogen-bond donors (Lipinski definition) is 2. The first kappa shape index (κ1) is 16.9. The van der Waals surface area contributed by atoms with Gasteiger partial charge in [0, 0.05) is 16.6 Å². The fourth-order valence-corrected chi connectivity index (χ4v) is 4.34. The van der Waals surface area contributed by atoms with E-state index in [-0.39, 0.29) is 16.5 Å². The summed E-state index contributed by atoms with van der Waals surface area (Å²) in [5.41, 5.74) is 5.08. The van der Waals surface area contributed by atoms with Crippen LogP contribution in [0.2, 0.25) is 5.02 Å². The molecule has 0 unspecified atom stereocenters. The molecule has 108 valence electrons. The van der Waals surface area contributed by atoms with Crippen LogP contribution < -0.4 is 10.5 Å². The predicted molar refractivity (Wildman–Crippen MR) is 81.8 cm³/mol. The zero-order valence-electron chi connectivity index (χ0n) is 10.9. The van der Waals surface area contributed by atoms with Crippen LogP contribution in [0.4, 0.5) is 0 Å². The predicted octanol–water partition coefficient (Wildman–Crippen LogP) is 2.90. The van der Waals surface area contributed by atoms with Gasteiger partial charge in [0.2, 0.25) is 10.0 Å². The minimum Gasteiger partial charge on any atom is -0.329 e. The minimum absolute atomic E-state index is 0.0586. The first-order chi connectivity index (χ1) is 8.82. The minimum atomic E-state index is -3.70. The average Bonchev–Trinajstić information content (AvgIpc) is 2.39. The van der Waals surface area contributed by atoms with E-state index in [9.17, 15) is 8.42 Å². The third kappa shape index (κ3) is 3.70. The van der Waals surface area contributed by atoms with Gasteiger partial charge in [0.15, 0.2) is 0 Å². The van der Waals surface area contributed by atoms with Gasteiger partial charge in [0.25, 0.3) is 0 Å². The maximum absolute atomic E-state index is 12.4. The highest BCUT2D eigenvalue weighted by molar-refractivity contribution is 9.10. The van der Waals surface area contributed by atoms with E-state index in [1.54, 1.807) is 12.1 Å². The zero-order valence-corrected chi connectivity index (χ0v) is 14.1. The van der Waals surface area contributed by atoms with Gasteiger partial charge in [0.1, 0.15) is 4.90 Å². The number of nitrogens with two attached hydrogens (primary N) is 1. The van der Waals surface area contributed by atoms with Crippen molar-refractivity contribution in [3.8, 4) is 0 Å². The first-order valence-corrected chi connectivity index (χ1v) is 8.65. The number of halogens is 2. The van der Waals surface area contributed by atoms with Gasteiger partial charge in [-0.05, 0) is 40.9 Å². The van der Waals surface area contributed by atoms with Crippen LogP contribution in [0.5, 0.6) is 0 Å². The second-order valence-electron chi connectivity index (χ2n) is 4.35. The Balaban J connectivity index is 3.22. The van der Waals surface area contributed by atoms with Gasteiger partial charge in [-0.25, -0.2) is 13.1 Å². The fourth-order valence-electron chi connectivity index (χ4n) is 1.76. The number of nitrogens with one attached hydrogen (secondary N) is 1. The molecule has 0 fully saturated rings. The Kier molecular flexibility index (Phi) is 5.82. The standard InChI is InChI=1S/C12H18BrClN2O2S/c1-3-12(4-2,8-15)16-19(17,18)10-7-5-6-9(13)11(10)14/h5-7,16H,3-4,8,15H2,1-2H3. The van der Waals surface area contributed by atoms with Crippen LogP contribution in [-0.2, 0) is 10.0 Å². The summed E-state index contributed by atoms with van der Waals surface area (Å²) in [6.07, 6.45) is 1.23. The molecule has 4 nitrogen and oxygen atoms in total. The lowest BCUT2D eigenvalue weighted by Crippen LogP contribution is -2.52. The molecule has 0 aliphatic carbocycles. The van der Waals surface area contributed by atoms with Crippen molar-refractivity contribution in [2.24, 2.45) is 5.73 Å². The highest BCUT2D eigenvalue weighted by Crippen LogP contribution is 2.30. The van der Waals surface area contributed by atoms with Gasteiger partial charge >= 0.3 is 0 Å². The molecule has 3 N–H and O–H groups in total. The van der Waals surface area contributed by atoms with Crippen LogP contribution >= 0.6 is 27.5 Å². The van der Waals surface area contributed by atoms with E-state index < -0.39 is 15.6 Å². The van der Waals surface area contributed by atoms with Crippen LogP contribution in [0.15, 0.2) is 27.6 Å². The summed E-state index contributed by atoms with van der Waals surface area (Å²) >= 11 is 9.26. The van der Waals surface area contributed by atoms with Crippen molar-refractivity contribution in [1.82, 2.24) is 4.72 Å². The summed E-state index contributed by atoms with van der Waals surface area (Å²) in [7, 11) is -3.70. The molecular weight excluding hydrogens is 352 g/mol.